The van der Waals surface area contributed by atoms with E-state index in [1.54, 1.807) is 10.8 Å². The summed E-state index contributed by atoms with van der Waals surface area (Å²) in [6, 6.07) is 8.63. The van der Waals surface area contributed by atoms with Crippen molar-refractivity contribution in [1.29, 1.82) is 5.26 Å². The molecule has 0 atom stereocenters. The quantitative estimate of drug-likeness (QED) is 0.642. The molecular formula is C28H36N6O2. The third kappa shape index (κ3) is 5.54. The number of morpholine rings is 1. The minimum Gasteiger partial charge on any atom is -0.379 e. The molecule has 2 saturated heterocycles. The molecule has 1 aromatic heterocycles. The Morgan fingerprint density at radius 1 is 1.11 bits per heavy atom. The molecule has 0 spiro atoms. The van der Waals surface area contributed by atoms with Crippen LogP contribution in [0.5, 0.6) is 0 Å². The average Bonchev–Trinajstić information content (AvgIpc) is 3.38. The van der Waals surface area contributed by atoms with Gasteiger partial charge in [0, 0.05) is 37.9 Å². The second kappa shape index (κ2) is 11.4. The zero-order valence-electron chi connectivity index (χ0n) is 21.0. The lowest BCUT2D eigenvalue weighted by Crippen LogP contribution is -2.43. The number of hydrogen-bond acceptors (Lipinski definition) is 6. The molecule has 0 bridgehead atoms. The summed E-state index contributed by atoms with van der Waals surface area (Å²) < 4.78 is 7.17. The van der Waals surface area contributed by atoms with Crippen molar-refractivity contribution in [1.82, 2.24) is 19.4 Å². The van der Waals surface area contributed by atoms with Crippen molar-refractivity contribution in [3.8, 4) is 11.8 Å². The largest absolute Gasteiger partial charge is 0.379 e. The summed E-state index contributed by atoms with van der Waals surface area (Å²) in [5.41, 5.74) is 10.5. The fraction of sp³-hybridized carbons (Fsp3) is 0.536. The highest BCUT2D eigenvalue weighted by atomic mass is 16.5. The number of amides is 1. The fourth-order valence-corrected chi connectivity index (χ4v) is 5.75. The van der Waals surface area contributed by atoms with Gasteiger partial charge in [0.05, 0.1) is 18.9 Å². The highest BCUT2D eigenvalue weighted by Gasteiger charge is 2.24. The molecule has 1 aromatic carbocycles. The Labute approximate surface area is 213 Å². The molecule has 2 aromatic rings. The van der Waals surface area contributed by atoms with E-state index in [9.17, 15) is 10.1 Å². The second-order valence-corrected chi connectivity index (χ2v) is 10.1. The van der Waals surface area contributed by atoms with E-state index in [1.165, 1.54) is 17.6 Å². The summed E-state index contributed by atoms with van der Waals surface area (Å²) >= 11 is 0. The van der Waals surface area contributed by atoms with Crippen LogP contribution in [0, 0.1) is 11.3 Å². The Bertz CT molecular complexity index is 1150. The van der Waals surface area contributed by atoms with Gasteiger partial charge in [-0.2, -0.15) is 5.26 Å². The zero-order chi connectivity index (χ0) is 24.9. The first-order chi connectivity index (χ1) is 17.6. The van der Waals surface area contributed by atoms with Crippen LogP contribution in [0.15, 0.2) is 30.5 Å². The maximum absolute atomic E-state index is 12.1. The number of primary amides is 1. The van der Waals surface area contributed by atoms with Gasteiger partial charge in [-0.1, -0.05) is 12.1 Å². The monoisotopic (exact) mass is 488 g/mol. The number of likely N-dealkylation sites (tertiary alicyclic amines) is 1. The number of hydrogen-bond donors (Lipinski definition) is 1. The molecule has 3 aliphatic rings. The summed E-state index contributed by atoms with van der Waals surface area (Å²) in [6.07, 6.45) is 10.7. The number of nitrogens with two attached hydrogens (primary N) is 1. The molecule has 8 nitrogen and oxygen atoms in total. The lowest BCUT2D eigenvalue weighted by atomic mass is 9.85. The van der Waals surface area contributed by atoms with E-state index in [1.807, 2.05) is 6.07 Å². The topological polar surface area (TPSA) is 100 Å². The summed E-state index contributed by atoms with van der Waals surface area (Å²) in [4.78, 5) is 21.4. The van der Waals surface area contributed by atoms with Crippen LogP contribution < -0.4 is 5.73 Å². The standard InChI is InChI=1S/C28H36N6O2/c29-19-24-20-34(28(31-24)27(30)35)26-7-6-23(18-25(26)22-4-2-1-3-5-22)21-8-10-32(11-9-21)12-13-33-14-16-36-17-15-33/h4,6-7,18,20-21H,1-3,5,8-17H2,(H2,30,35). The van der Waals surface area contributed by atoms with Gasteiger partial charge in [0.1, 0.15) is 6.07 Å². The molecule has 0 radical (unpaired) electrons. The summed E-state index contributed by atoms with van der Waals surface area (Å²) in [5, 5.41) is 9.37. The van der Waals surface area contributed by atoms with Crippen LogP contribution in [0.2, 0.25) is 0 Å². The first kappa shape index (κ1) is 24.7. The van der Waals surface area contributed by atoms with E-state index in [0.29, 0.717) is 5.92 Å². The maximum Gasteiger partial charge on any atom is 0.285 e. The first-order valence-electron chi connectivity index (χ1n) is 13.3. The molecule has 2 N–H and O–H groups in total. The van der Waals surface area contributed by atoms with Gasteiger partial charge >= 0.3 is 0 Å². The van der Waals surface area contributed by atoms with Gasteiger partial charge in [-0.05, 0) is 80.8 Å². The first-order valence-corrected chi connectivity index (χ1v) is 13.3. The van der Waals surface area contributed by atoms with E-state index in [0.717, 1.165) is 95.8 Å². The van der Waals surface area contributed by atoms with Crippen molar-refractivity contribution in [2.24, 2.45) is 5.73 Å². The van der Waals surface area contributed by atoms with Crippen molar-refractivity contribution in [2.45, 2.75) is 44.4 Å². The van der Waals surface area contributed by atoms with Crippen LogP contribution >= 0.6 is 0 Å². The molecule has 0 unspecified atom stereocenters. The molecule has 8 heteroatoms. The Morgan fingerprint density at radius 2 is 1.86 bits per heavy atom. The number of imidazole rings is 1. The van der Waals surface area contributed by atoms with Gasteiger partial charge in [-0.15, -0.1) is 0 Å². The third-order valence-electron chi connectivity index (χ3n) is 7.85. The molecule has 1 aliphatic carbocycles. The van der Waals surface area contributed by atoms with Gasteiger partial charge in [0.25, 0.3) is 5.91 Å². The highest BCUT2D eigenvalue weighted by molar-refractivity contribution is 5.90. The maximum atomic E-state index is 12.1. The van der Waals surface area contributed by atoms with Crippen LogP contribution in [0.25, 0.3) is 11.3 Å². The van der Waals surface area contributed by atoms with Gasteiger partial charge in [0.2, 0.25) is 5.82 Å². The van der Waals surface area contributed by atoms with Crippen LogP contribution in [0.4, 0.5) is 0 Å². The van der Waals surface area contributed by atoms with Gasteiger partial charge < -0.3 is 15.4 Å². The van der Waals surface area contributed by atoms with E-state index >= 15 is 0 Å². The lowest BCUT2D eigenvalue weighted by Gasteiger charge is -2.35. The van der Waals surface area contributed by atoms with Crippen molar-refractivity contribution >= 4 is 11.5 Å². The Kier molecular flexibility index (Phi) is 7.81. The molecule has 1 amide bonds. The number of nitrogens with zero attached hydrogens (tertiary/aromatic N) is 5. The number of piperidine rings is 1. The van der Waals surface area contributed by atoms with Crippen LogP contribution in [-0.2, 0) is 4.74 Å². The number of nitriles is 1. The molecule has 5 rings (SSSR count). The van der Waals surface area contributed by atoms with E-state index < -0.39 is 5.91 Å². The van der Waals surface area contributed by atoms with Crippen molar-refractivity contribution < 1.29 is 9.53 Å². The number of allylic oxidation sites excluding steroid dienone is 2. The van der Waals surface area contributed by atoms with Gasteiger partial charge in [0.15, 0.2) is 5.69 Å². The highest BCUT2D eigenvalue weighted by Crippen LogP contribution is 2.36. The number of rotatable bonds is 7. The van der Waals surface area contributed by atoms with Crippen LogP contribution in [-0.4, -0.2) is 77.7 Å². The second-order valence-electron chi connectivity index (χ2n) is 10.1. The van der Waals surface area contributed by atoms with Gasteiger partial charge in [-0.3, -0.25) is 14.3 Å². The predicted molar refractivity (Wildman–Crippen MR) is 139 cm³/mol. The zero-order valence-corrected chi connectivity index (χ0v) is 21.0. The van der Waals surface area contributed by atoms with E-state index in [2.05, 4.69) is 39.1 Å². The van der Waals surface area contributed by atoms with E-state index in [4.69, 9.17) is 10.5 Å². The van der Waals surface area contributed by atoms with Crippen molar-refractivity contribution in [3.05, 3.63) is 53.1 Å². The minimum atomic E-state index is -0.631. The van der Waals surface area contributed by atoms with Crippen LogP contribution in [0.3, 0.4) is 0 Å². The smallest absolute Gasteiger partial charge is 0.285 e. The number of benzene rings is 1. The van der Waals surface area contributed by atoms with E-state index in [-0.39, 0.29) is 11.5 Å². The Hall–Kier alpha value is -2.99. The summed E-state index contributed by atoms with van der Waals surface area (Å²) in [5.74, 6) is -0.00571. The Balaban J connectivity index is 1.35. The number of ether oxygens (including phenoxy) is 1. The van der Waals surface area contributed by atoms with Crippen molar-refractivity contribution in [3.63, 3.8) is 0 Å². The normalized spacial score (nSPS) is 20.1. The van der Waals surface area contributed by atoms with Gasteiger partial charge in [-0.25, -0.2) is 4.98 Å². The summed E-state index contributed by atoms with van der Waals surface area (Å²) in [7, 11) is 0. The lowest BCUT2D eigenvalue weighted by molar-refractivity contribution is 0.0321. The summed E-state index contributed by atoms with van der Waals surface area (Å²) in [6.45, 7) is 8.29. The molecule has 190 valence electrons. The number of carbonyl (C=O) groups excluding carboxylic acids is 1. The predicted octanol–water partition coefficient (Wildman–Crippen LogP) is 3.31. The third-order valence-corrected chi connectivity index (χ3v) is 7.85. The molecule has 0 saturated carbocycles. The number of aromatic nitrogens is 2. The molecule has 2 fully saturated rings. The number of carbonyl (C=O) groups is 1. The molecule has 2 aliphatic heterocycles. The molecule has 3 heterocycles. The SMILES string of the molecule is N#Cc1cn(-c2ccc(C3CCN(CCN4CCOCC4)CC3)cc2C2=CCCCC2)c(C(N)=O)n1. The van der Waals surface area contributed by atoms with Crippen LogP contribution in [0.1, 0.15) is 71.9 Å². The minimum absolute atomic E-state index is 0.102. The fourth-order valence-electron chi connectivity index (χ4n) is 5.75. The van der Waals surface area contributed by atoms with Crippen molar-refractivity contribution in [2.75, 3.05) is 52.5 Å². The Morgan fingerprint density at radius 3 is 2.53 bits per heavy atom. The average molecular weight is 489 g/mol. The molecule has 36 heavy (non-hydrogen) atoms. The molecular weight excluding hydrogens is 452 g/mol.